The van der Waals surface area contributed by atoms with Crippen LogP contribution in [0.3, 0.4) is 0 Å². The second-order valence-electron chi connectivity index (χ2n) is 5.31. The molecule has 5 nitrogen and oxygen atoms in total. The monoisotopic (exact) mass is 374 g/mol. The highest BCUT2D eigenvalue weighted by molar-refractivity contribution is 6.14. The number of benzene rings is 2. The Bertz CT molecular complexity index is 944. The van der Waals surface area contributed by atoms with Gasteiger partial charge in [-0.05, 0) is 35.9 Å². The number of hydrogen-bond acceptors (Lipinski definition) is 4. The van der Waals surface area contributed by atoms with Crippen molar-refractivity contribution in [2.45, 2.75) is 6.18 Å². The first-order valence-electron chi connectivity index (χ1n) is 7.53. The molecule has 0 radical (unpaired) electrons. The second kappa shape index (κ2) is 8.19. The molecule has 27 heavy (non-hydrogen) atoms. The molecule has 8 heteroatoms. The topological polar surface area (TPSA) is 79.2 Å². The lowest BCUT2D eigenvalue weighted by Gasteiger charge is -2.08. The Morgan fingerprint density at radius 1 is 1.15 bits per heavy atom. The van der Waals surface area contributed by atoms with Gasteiger partial charge in [0.15, 0.2) is 0 Å². The van der Waals surface area contributed by atoms with E-state index in [-0.39, 0.29) is 22.4 Å². The van der Waals surface area contributed by atoms with Crippen molar-refractivity contribution in [2.75, 3.05) is 12.4 Å². The Balaban J connectivity index is 2.30. The lowest BCUT2D eigenvalue weighted by atomic mass is 10.0. The quantitative estimate of drug-likeness (QED) is 0.488. The maximum Gasteiger partial charge on any atom is 0.471 e. The minimum atomic E-state index is -5.02. The second-order valence-corrected chi connectivity index (χ2v) is 5.31. The number of alkyl halides is 3. The molecule has 0 bridgehead atoms. The van der Waals surface area contributed by atoms with Gasteiger partial charge in [-0.2, -0.15) is 18.4 Å². The van der Waals surface area contributed by atoms with Crippen LogP contribution in [0.4, 0.5) is 18.9 Å². The van der Waals surface area contributed by atoms with Gasteiger partial charge in [-0.25, -0.2) is 0 Å². The molecule has 0 saturated heterocycles. The van der Waals surface area contributed by atoms with E-state index in [2.05, 4.69) is 0 Å². The van der Waals surface area contributed by atoms with Gasteiger partial charge in [-0.15, -0.1) is 0 Å². The number of ketones is 1. The third-order valence-corrected chi connectivity index (χ3v) is 3.41. The Morgan fingerprint density at radius 2 is 1.85 bits per heavy atom. The first kappa shape index (κ1) is 19.7. The minimum absolute atomic E-state index is 0.114. The summed E-state index contributed by atoms with van der Waals surface area (Å²) in [7, 11) is 1.44. The van der Waals surface area contributed by atoms with Crippen molar-refractivity contribution in [2.24, 2.45) is 0 Å². The van der Waals surface area contributed by atoms with Crippen molar-refractivity contribution >= 4 is 23.5 Å². The highest BCUT2D eigenvalue weighted by atomic mass is 19.4. The van der Waals surface area contributed by atoms with Crippen LogP contribution in [0.1, 0.15) is 15.9 Å². The Kier molecular flexibility index (Phi) is 5.98. The van der Waals surface area contributed by atoms with Crippen molar-refractivity contribution in [3.8, 4) is 11.8 Å². The molecule has 0 atom stereocenters. The Morgan fingerprint density at radius 3 is 2.48 bits per heavy atom. The fraction of sp³-hybridized carbons (Fsp3) is 0.105. The summed E-state index contributed by atoms with van der Waals surface area (Å²) in [5.41, 5.74) is 0.172. The van der Waals surface area contributed by atoms with Crippen molar-refractivity contribution in [3.63, 3.8) is 0 Å². The molecule has 0 heterocycles. The normalized spacial score (nSPS) is 11.4. The van der Waals surface area contributed by atoms with Crippen LogP contribution in [0.5, 0.6) is 5.75 Å². The minimum Gasteiger partial charge on any atom is -0.497 e. The van der Waals surface area contributed by atoms with E-state index in [1.807, 2.05) is 0 Å². The van der Waals surface area contributed by atoms with Gasteiger partial charge >= 0.3 is 12.1 Å². The average molecular weight is 374 g/mol. The zero-order valence-electron chi connectivity index (χ0n) is 14.0. The zero-order valence-corrected chi connectivity index (χ0v) is 14.0. The number of nitrogens with one attached hydrogen (secondary N) is 1. The van der Waals surface area contributed by atoms with E-state index < -0.39 is 17.9 Å². The van der Waals surface area contributed by atoms with Gasteiger partial charge in [-0.3, -0.25) is 9.59 Å². The average Bonchev–Trinajstić information content (AvgIpc) is 2.65. The largest absolute Gasteiger partial charge is 0.497 e. The van der Waals surface area contributed by atoms with E-state index in [0.29, 0.717) is 5.75 Å². The number of nitriles is 1. The van der Waals surface area contributed by atoms with Gasteiger partial charge in [0.2, 0.25) is 5.78 Å². The number of carbonyl (C=O) groups excluding carboxylic acids is 2. The standard InChI is InChI=1S/C19H13F3N2O3/c1-27-16-7-3-5-13(10-16)17(25)14(11-23)8-12-4-2-6-15(9-12)24-18(26)19(20,21)22/h2-10H,1H3,(H,24,26)/b14-8+. The van der Waals surface area contributed by atoms with Gasteiger partial charge in [-0.1, -0.05) is 24.3 Å². The molecule has 0 aliphatic rings. The van der Waals surface area contributed by atoms with Gasteiger partial charge in [0.1, 0.15) is 17.4 Å². The predicted octanol–water partition coefficient (Wildman–Crippen LogP) is 3.99. The number of anilines is 1. The molecule has 2 rings (SSSR count). The van der Waals surface area contributed by atoms with Crippen molar-refractivity contribution in [3.05, 3.63) is 65.2 Å². The zero-order chi connectivity index (χ0) is 20.0. The SMILES string of the molecule is COc1cccc(C(=O)/C(C#N)=C/c2cccc(NC(=O)C(F)(F)F)c2)c1. The molecule has 2 aromatic carbocycles. The number of hydrogen-bond donors (Lipinski definition) is 1. The van der Waals surface area contributed by atoms with Crippen molar-refractivity contribution in [1.82, 2.24) is 0 Å². The molecule has 0 aliphatic carbocycles. The highest BCUT2D eigenvalue weighted by Crippen LogP contribution is 2.21. The number of ether oxygens (including phenoxy) is 1. The number of Topliss-reactive ketones (excluding diaryl/α,β-unsaturated/α-hetero) is 1. The molecule has 1 N–H and O–H groups in total. The Hall–Kier alpha value is -3.60. The van der Waals surface area contributed by atoms with Crippen LogP contribution in [0.25, 0.3) is 6.08 Å². The van der Waals surface area contributed by atoms with E-state index >= 15 is 0 Å². The summed E-state index contributed by atoms with van der Waals surface area (Å²) in [6, 6.07) is 13.3. The fourth-order valence-electron chi connectivity index (χ4n) is 2.14. The smallest absolute Gasteiger partial charge is 0.471 e. The summed E-state index contributed by atoms with van der Waals surface area (Å²) in [5, 5.41) is 11.0. The number of rotatable bonds is 5. The third-order valence-electron chi connectivity index (χ3n) is 3.41. The maximum atomic E-state index is 12.5. The number of methoxy groups -OCH3 is 1. The fourth-order valence-corrected chi connectivity index (χ4v) is 2.14. The van der Waals surface area contributed by atoms with Crippen molar-refractivity contribution in [1.29, 1.82) is 5.26 Å². The van der Waals surface area contributed by atoms with Gasteiger partial charge in [0, 0.05) is 11.3 Å². The first-order chi connectivity index (χ1) is 12.7. The molecule has 0 fully saturated rings. The summed E-state index contributed by atoms with van der Waals surface area (Å²) in [6.07, 6.45) is -3.79. The molecule has 2 aromatic rings. The number of allylic oxidation sites excluding steroid dienone is 1. The molecule has 1 amide bonds. The molecule has 0 aromatic heterocycles. The van der Waals surface area contributed by atoms with Gasteiger partial charge < -0.3 is 10.1 Å². The molecular weight excluding hydrogens is 361 g/mol. The summed E-state index contributed by atoms with van der Waals surface area (Å²) in [4.78, 5) is 23.5. The first-order valence-corrected chi connectivity index (χ1v) is 7.53. The molecule has 138 valence electrons. The number of halogens is 3. The molecule has 0 spiro atoms. The van der Waals surface area contributed by atoms with E-state index in [9.17, 15) is 28.0 Å². The Labute approximate surface area is 152 Å². The summed E-state index contributed by atoms with van der Waals surface area (Å²) in [6.45, 7) is 0. The van der Waals surface area contributed by atoms with Crippen LogP contribution in [-0.2, 0) is 4.79 Å². The predicted molar refractivity (Wildman–Crippen MR) is 92.0 cm³/mol. The highest BCUT2D eigenvalue weighted by Gasteiger charge is 2.38. The van der Waals surface area contributed by atoms with Crippen LogP contribution in [0.2, 0.25) is 0 Å². The van der Waals surface area contributed by atoms with Crippen LogP contribution in [0.15, 0.2) is 54.1 Å². The van der Waals surface area contributed by atoms with Crippen molar-refractivity contribution < 1.29 is 27.5 Å². The van der Waals surface area contributed by atoms with Crippen LogP contribution < -0.4 is 10.1 Å². The van der Waals surface area contributed by atoms with Gasteiger partial charge in [0.25, 0.3) is 0 Å². The lowest BCUT2D eigenvalue weighted by Crippen LogP contribution is -2.29. The van der Waals surface area contributed by atoms with Crippen LogP contribution >= 0.6 is 0 Å². The summed E-state index contributed by atoms with van der Waals surface area (Å²) < 4.78 is 42.0. The molecule has 0 unspecified atom stereocenters. The number of nitrogens with zero attached hydrogens (tertiary/aromatic N) is 1. The molecule has 0 saturated carbocycles. The summed E-state index contributed by atoms with van der Waals surface area (Å²) >= 11 is 0. The van der Waals surface area contributed by atoms with Gasteiger partial charge in [0.05, 0.1) is 7.11 Å². The lowest BCUT2D eigenvalue weighted by molar-refractivity contribution is -0.167. The molecule has 0 aliphatic heterocycles. The van der Waals surface area contributed by atoms with Crippen LogP contribution in [-0.4, -0.2) is 25.0 Å². The maximum absolute atomic E-state index is 12.5. The van der Waals surface area contributed by atoms with E-state index in [1.165, 1.54) is 49.6 Å². The molecular formula is C19H13F3N2O3. The van der Waals surface area contributed by atoms with E-state index in [1.54, 1.807) is 23.5 Å². The van der Waals surface area contributed by atoms with Crippen LogP contribution in [0, 0.1) is 11.3 Å². The summed E-state index contributed by atoms with van der Waals surface area (Å²) in [5.74, 6) is -2.24. The third kappa shape index (κ3) is 5.19. The van der Waals surface area contributed by atoms with E-state index in [0.717, 1.165) is 0 Å². The van der Waals surface area contributed by atoms with E-state index in [4.69, 9.17) is 4.74 Å². The number of carbonyl (C=O) groups is 2. The number of amides is 1.